The number of nitrogens with one attached hydrogen (secondary N) is 2. The summed E-state index contributed by atoms with van der Waals surface area (Å²) < 4.78 is 0. The summed E-state index contributed by atoms with van der Waals surface area (Å²) in [5.74, 6) is 0. The monoisotopic (exact) mass is 320 g/mol. The highest BCUT2D eigenvalue weighted by Crippen LogP contribution is 2.33. The molecule has 2 amide bonds. The van der Waals surface area contributed by atoms with Crippen molar-refractivity contribution in [1.29, 1.82) is 0 Å². The minimum Gasteiger partial charge on any atom is -0.308 e. The van der Waals surface area contributed by atoms with E-state index < -0.39 is 0 Å². The average molecular weight is 320 g/mol. The quantitative estimate of drug-likeness (QED) is 0.668. The molecule has 3 aromatic rings. The lowest BCUT2D eigenvalue weighted by molar-refractivity contribution is 0.262. The first-order valence-electron chi connectivity index (χ1n) is 7.26. The number of anilines is 2. The van der Waals surface area contributed by atoms with E-state index in [1.54, 1.807) is 11.8 Å². The summed E-state index contributed by atoms with van der Waals surface area (Å²) in [7, 11) is 0. The van der Waals surface area contributed by atoms with Gasteiger partial charge in [0.2, 0.25) is 0 Å². The van der Waals surface area contributed by atoms with Gasteiger partial charge in [0, 0.05) is 15.5 Å². The van der Waals surface area contributed by atoms with E-state index in [9.17, 15) is 4.79 Å². The molecule has 0 radical (unpaired) electrons. The van der Waals surface area contributed by atoms with Crippen molar-refractivity contribution in [3.8, 4) is 0 Å². The molecular weight excluding hydrogens is 304 g/mol. The Hall–Kier alpha value is -2.72. The Kier molecular flexibility index (Phi) is 4.96. The van der Waals surface area contributed by atoms with Gasteiger partial charge in [0.1, 0.15) is 0 Å². The van der Waals surface area contributed by atoms with Crippen LogP contribution in [0, 0.1) is 0 Å². The van der Waals surface area contributed by atoms with E-state index >= 15 is 0 Å². The van der Waals surface area contributed by atoms with Crippen LogP contribution in [0.3, 0.4) is 0 Å². The summed E-state index contributed by atoms with van der Waals surface area (Å²) in [6.07, 6.45) is 0. The Bertz CT molecular complexity index is 776. The molecule has 0 aliphatic rings. The van der Waals surface area contributed by atoms with Gasteiger partial charge in [-0.1, -0.05) is 60.3 Å². The van der Waals surface area contributed by atoms with E-state index in [4.69, 9.17) is 0 Å². The van der Waals surface area contributed by atoms with Gasteiger partial charge in [0.05, 0.1) is 5.69 Å². The van der Waals surface area contributed by atoms with E-state index in [-0.39, 0.29) is 6.03 Å². The fourth-order valence-corrected chi connectivity index (χ4v) is 3.00. The topological polar surface area (TPSA) is 41.1 Å². The number of rotatable bonds is 4. The first-order chi connectivity index (χ1) is 11.3. The third-order valence-corrected chi connectivity index (χ3v) is 4.22. The van der Waals surface area contributed by atoms with Crippen molar-refractivity contribution in [3.05, 3.63) is 84.9 Å². The maximum absolute atomic E-state index is 12.2. The minimum absolute atomic E-state index is 0.252. The summed E-state index contributed by atoms with van der Waals surface area (Å²) in [6.45, 7) is 0. The van der Waals surface area contributed by atoms with Crippen molar-refractivity contribution in [2.45, 2.75) is 9.79 Å². The van der Waals surface area contributed by atoms with Crippen LogP contribution >= 0.6 is 11.8 Å². The van der Waals surface area contributed by atoms with Crippen molar-refractivity contribution >= 4 is 29.2 Å². The normalized spacial score (nSPS) is 10.1. The second-order valence-electron chi connectivity index (χ2n) is 4.86. The van der Waals surface area contributed by atoms with Crippen LogP contribution in [0.2, 0.25) is 0 Å². The zero-order chi connectivity index (χ0) is 15.9. The van der Waals surface area contributed by atoms with Gasteiger partial charge >= 0.3 is 6.03 Å². The van der Waals surface area contributed by atoms with Gasteiger partial charge in [0.15, 0.2) is 0 Å². The molecule has 3 aromatic carbocycles. The van der Waals surface area contributed by atoms with Crippen LogP contribution in [-0.2, 0) is 0 Å². The van der Waals surface area contributed by atoms with Crippen molar-refractivity contribution in [1.82, 2.24) is 0 Å². The predicted molar refractivity (Wildman–Crippen MR) is 96.1 cm³/mol. The summed E-state index contributed by atoms with van der Waals surface area (Å²) in [6, 6.07) is 27.0. The van der Waals surface area contributed by atoms with Gasteiger partial charge in [-0.05, 0) is 36.4 Å². The molecule has 0 bridgehead atoms. The van der Waals surface area contributed by atoms with Gasteiger partial charge in [-0.15, -0.1) is 0 Å². The smallest absolute Gasteiger partial charge is 0.308 e. The van der Waals surface area contributed by atoms with Crippen molar-refractivity contribution in [2.75, 3.05) is 10.6 Å². The van der Waals surface area contributed by atoms with Crippen LogP contribution < -0.4 is 10.6 Å². The van der Waals surface area contributed by atoms with Crippen LogP contribution in [-0.4, -0.2) is 6.03 Å². The first-order valence-corrected chi connectivity index (χ1v) is 8.08. The molecule has 0 aliphatic carbocycles. The molecule has 114 valence electrons. The number of hydrogen-bond donors (Lipinski definition) is 2. The van der Waals surface area contributed by atoms with E-state index in [0.29, 0.717) is 0 Å². The lowest BCUT2D eigenvalue weighted by Gasteiger charge is -2.11. The molecule has 0 aromatic heterocycles. The molecular formula is C19H16N2OS. The number of carbonyl (C=O) groups excluding carboxylic acids is 1. The molecule has 0 aliphatic heterocycles. The fourth-order valence-electron chi connectivity index (χ4n) is 2.08. The van der Waals surface area contributed by atoms with Gasteiger partial charge in [-0.2, -0.15) is 0 Å². The third kappa shape index (κ3) is 4.37. The van der Waals surface area contributed by atoms with E-state index in [0.717, 1.165) is 21.2 Å². The summed E-state index contributed by atoms with van der Waals surface area (Å²) in [5, 5.41) is 5.73. The zero-order valence-corrected chi connectivity index (χ0v) is 13.2. The molecule has 0 atom stereocenters. The average Bonchev–Trinajstić information content (AvgIpc) is 2.58. The largest absolute Gasteiger partial charge is 0.323 e. The molecule has 0 saturated heterocycles. The number of carbonyl (C=O) groups is 1. The van der Waals surface area contributed by atoms with Crippen LogP contribution in [0.1, 0.15) is 0 Å². The number of amides is 2. The van der Waals surface area contributed by atoms with Crippen LogP contribution in [0.25, 0.3) is 0 Å². The van der Waals surface area contributed by atoms with Crippen LogP contribution in [0.15, 0.2) is 94.7 Å². The molecule has 0 unspecified atom stereocenters. The lowest BCUT2D eigenvalue weighted by Crippen LogP contribution is -2.19. The highest BCUT2D eigenvalue weighted by Gasteiger charge is 2.07. The Morgan fingerprint density at radius 3 is 2.04 bits per heavy atom. The lowest BCUT2D eigenvalue weighted by atomic mass is 10.3. The SMILES string of the molecule is O=C(Nc1ccccc1)Nc1ccccc1Sc1ccccc1. The Morgan fingerprint density at radius 1 is 0.696 bits per heavy atom. The fraction of sp³-hybridized carbons (Fsp3) is 0. The molecule has 23 heavy (non-hydrogen) atoms. The molecule has 0 spiro atoms. The highest BCUT2D eigenvalue weighted by molar-refractivity contribution is 7.99. The summed E-state index contributed by atoms with van der Waals surface area (Å²) >= 11 is 1.62. The van der Waals surface area contributed by atoms with E-state index in [1.165, 1.54) is 0 Å². The standard InChI is InChI=1S/C19H16N2OS/c22-19(20-15-9-3-1-4-10-15)21-17-13-7-8-14-18(17)23-16-11-5-2-6-12-16/h1-14H,(H2,20,21,22). The summed E-state index contributed by atoms with van der Waals surface area (Å²) in [5.41, 5.74) is 1.55. The van der Waals surface area contributed by atoms with Crippen LogP contribution in [0.4, 0.5) is 16.2 Å². The molecule has 2 N–H and O–H groups in total. The second kappa shape index (κ2) is 7.51. The highest BCUT2D eigenvalue weighted by atomic mass is 32.2. The third-order valence-electron chi connectivity index (χ3n) is 3.14. The molecule has 0 fully saturated rings. The van der Waals surface area contributed by atoms with Crippen molar-refractivity contribution < 1.29 is 4.79 Å². The molecule has 4 heteroatoms. The predicted octanol–water partition coefficient (Wildman–Crippen LogP) is 5.48. The van der Waals surface area contributed by atoms with Gasteiger partial charge < -0.3 is 10.6 Å². The molecule has 3 rings (SSSR count). The Balaban J connectivity index is 1.71. The maximum Gasteiger partial charge on any atom is 0.323 e. The van der Waals surface area contributed by atoms with Gasteiger partial charge in [-0.3, -0.25) is 0 Å². The molecule has 3 nitrogen and oxygen atoms in total. The zero-order valence-electron chi connectivity index (χ0n) is 12.4. The first kappa shape index (κ1) is 15.2. The summed E-state index contributed by atoms with van der Waals surface area (Å²) in [4.78, 5) is 14.3. The second-order valence-corrected chi connectivity index (χ2v) is 5.97. The number of hydrogen-bond acceptors (Lipinski definition) is 2. The van der Waals surface area contributed by atoms with E-state index in [1.807, 2.05) is 84.9 Å². The van der Waals surface area contributed by atoms with Crippen LogP contribution in [0.5, 0.6) is 0 Å². The maximum atomic E-state index is 12.2. The number of urea groups is 1. The molecule has 0 saturated carbocycles. The van der Waals surface area contributed by atoms with Crippen molar-refractivity contribution in [2.24, 2.45) is 0 Å². The minimum atomic E-state index is -0.252. The number of benzene rings is 3. The number of para-hydroxylation sites is 2. The molecule has 0 heterocycles. The van der Waals surface area contributed by atoms with Gasteiger partial charge in [0.25, 0.3) is 0 Å². The Morgan fingerprint density at radius 2 is 1.30 bits per heavy atom. The van der Waals surface area contributed by atoms with Crippen molar-refractivity contribution in [3.63, 3.8) is 0 Å². The Labute approximate surface area is 139 Å². The van der Waals surface area contributed by atoms with Gasteiger partial charge in [-0.25, -0.2) is 4.79 Å². The van der Waals surface area contributed by atoms with E-state index in [2.05, 4.69) is 10.6 Å².